The second kappa shape index (κ2) is 7.91. The Kier molecular flexibility index (Phi) is 4.94. The minimum absolute atomic E-state index is 0.126. The Morgan fingerprint density at radius 3 is 2.71 bits per heavy atom. The molecule has 31 heavy (non-hydrogen) atoms. The maximum Gasteiger partial charge on any atom is 0.226 e. The minimum atomic E-state index is -0.359. The summed E-state index contributed by atoms with van der Waals surface area (Å²) in [5.74, 6) is 2.21. The molecule has 2 unspecified atom stereocenters. The van der Waals surface area contributed by atoms with E-state index in [1.165, 1.54) is 11.9 Å². The van der Waals surface area contributed by atoms with Crippen LogP contribution in [0.15, 0.2) is 66.1 Å². The first-order valence-corrected chi connectivity index (χ1v) is 10.5. The number of nitrogens with one attached hydrogen (secondary N) is 1. The van der Waals surface area contributed by atoms with E-state index in [1.807, 2.05) is 43.3 Å². The van der Waals surface area contributed by atoms with Crippen molar-refractivity contribution < 1.29 is 14.3 Å². The Labute approximate surface area is 180 Å². The summed E-state index contributed by atoms with van der Waals surface area (Å²) in [6.07, 6.45) is 2.74. The zero-order valence-corrected chi connectivity index (χ0v) is 17.5. The maximum absolute atomic E-state index is 13.4. The van der Waals surface area contributed by atoms with Gasteiger partial charge in [-0.1, -0.05) is 36.4 Å². The highest BCUT2D eigenvalue weighted by Crippen LogP contribution is 2.45. The summed E-state index contributed by atoms with van der Waals surface area (Å²) in [6.45, 7) is 2.48. The van der Waals surface area contributed by atoms with E-state index < -0.39 is 0 Å². The van der Waals surface area contributed by atoms with Crippen molar-refractivity contribution in [3.05, 3.63) is 77.3 Å². The molecule has 2 heterocycles. The third-order valence-corrected chi connectivity index (χ3v) is 5.94. The fourth-order valence-corrected chi connectivity index (χ4v) is 4.55. The monoisotopic (exact) mass is 416 g/mol. The number of hydrogen-bond acceptors (Lipinski definition) is 6. The smallest absolute Gasteiger partial charge is 0.226 e. The molecule has 0 saturated carbocycles. The molecule has 0 saturated heterocycles. The standard InChI is InChI=1S/C24H24N4O3/c1-3-31-20-10-9-16(13-21(20)30-2)23-22-18(27-24-25-14-26-28(23)24)11-17(12-19(22)29)15-7-5-4-6-8-15/h4-10,13-14,17,23H,3,11-12H2,1-2H3,(H,25,26,27). The molecule has 1 aromatic heterocycles. The molecule has 2 aliphatic rings. The average molecular weight is 416 g/mol. The van der Waals surface area contributed by atoms with Crippen LogP contribution in [0, 0.1) is 0 Å². The van der Waals surface area contributed by atoms with Crippen molar-refractivity contribution in [2.75, 3.05) is 19.0 Å². The van der Waals surface area contributed by atoms with Gasteiger partial charge in [0.25, 0.3) is 0 Å². The molecule has 5 rings (SSSR count). The number of aromatic nitrogens is 3. The van der Waals surface area contributed by atoms with Gasteiger partial charge in [0.2, 0.25) is 5.95 Å². The topological polar surface area (TPSA) is 78.3 Å². The van der Waals surface area contributed by atoms with Crippen LogP contribution in [0.25, 0.3) is 0 Å². The first kappa shape index (κ1) is 19.4. The molecule has 3 aromatic rings. The molecule has 2 aromatic carbocycles. The third kappa shape index (κ3) is 3.36. The van der Waals surface area contributed by atoms with Gasteiger partial charge in [0, 0.05) is 17.7 Å². The van der Waals surface area contributed by atoms with Gasteiger partial charge in [-0.15, -0.1) is 0 Å². The molecular weight excluding hydrogens is 392 g/mol. The highest BCUT2D eigenvalue weighted by Gasteiger charge is 2.39. The highest BCUT2D eigenvalue weighted by molar-refractivity contribution is 6.00. The lowest BCUT2D eigenvalue weighted by Gasteiger charge is -2.35. The Bertz CT molecular complexity index is 1150. The third-order valence-electron chi connectivity index (χ3n) is 5.94. The summed E-state index contributed by atoms with van der Waals surface area (Å²) < 4.78 is 13.0. The van der Waals surface area contributed by atoms with E-state index in [0.29, 0.717) is 30.5 Å². The summed E-state index contributed by atoms with van der Waals surface area (Å²) in [5.41, 5.74) is 3.75. The van der Waals surface area contributed by atoms with E-state index in [0.717, 1.165) is 23.3 Å². The van der Waals surface area contributed by atoms with E-state index in [1.54, 1.807) is 11.8 Å². The fourth-order valence-electron chi connectivity index (χ4n) is 4.55. The van der Waals surface area contributed by atoms with Crippen molar-refractivity contribution in [3.8, 4) is 11.5 Å². The predicted molar refractivity (Wildman–Crippen MR) is 116 cm³/mol. The Balaban J connectivity index is 1.59. The van der Waals surface area contributed by atoms with Gasteiger partial charge in [-0.05, 0) is 42.5 Å². The van der Waals surface area contributed by atoms with Crippen molar-refractivity contribution in [2.45, 2.75) is 31.7 Å². The number of ketones is 1. The number of hydrogen-bond donors (Lipinski definition) is 1. The Morgan fingerprint density at radius 1 is 1.10 bits per heavy atom. The summed E-state index contributed by atoms with van der Waals surface area (Å²) >= 11 is 0. The van der Waals surface area contributed by atoms with Crippen LogP contribution in [-0.4, -0.2) is 34.3 Å². The number of allylic oxidation sites excluding steroid dienone is 2. The van der Waals surface area contributed by atoms with Crippen LogP contribution >= 0.6 is 0 Å². The number of anilines is 1. The Hall–Kier alpha value is -3.61. The molecule has 0 spiro atoms. The molecule has 1 N–H and O–H groups in total. The number of fused-ring (bicyclic) bond motifs is 1. The number of carbonyl (C=O) groups excluding carboxylic acids is 1. The van der Waals surface area contributed by atoms with Crippen molar-refractivity contribution in [1.29, 1.82) is 0 Å². The second-order valence-electron chi connectivity index (χ2n) is 7.73. The molecule has 0 bridgehead atoms. The average Bonchev–Trinajstić information content (AvgIpc) is 3.27. The quantitative estimate of drug-likeness (QED) is 0.675. The fraction of sp³-hybridized carbons (Fsp3) is 0.292. The number of carbonyl (C=O) groups is 1. The van der Waals surface area contributed by atoms with E-state index in [4.69, 9.17) is 9.47 Å². The number of ether oxygens (including phenoxy) is 2. The maximum atomic E-state index is 13.4. The van der Waals surface area contributed by atoms with Gasteiger partial charge in [-0.25, -0.2) is 4.68 Å². The van der Waals surface area contributed by atoms with Gasteiger partial charge in [0.15, 0.2) is 17.3 Å². The molecule has 0 fully saturated rings. The predicted octanol–water partition coefficient (Wildman–Crippen LogP) is 4.10. The molecule has 158 valence electrons. The number of benzene rings is 2. The van der Waals surface area contributed by atoms with Crippen LogP contribution in [0.2, 0.25) is 0 Å². The van der Waals surface area contributed by atoms with E-state index in [-0.39, 0.29) is 17.7 Å². The zero-order valence-electron chi connectivity index (χ0n) is 17.5. The SMILES string of the molecule is CCOc1ccc(C2C3=C(CC(c4ccccc4)CC3=O)Nc3ncnn32)cc1OC. The Morgan fingerprint density at radius 2 is 1.94 bits per heavy atom. The van der Waals surface area contributed by atoms with Gasteiger partial charge in [0.1, 0.15) is 12.4 Å². The van der Waals surface area contributed by atoms with Crippen LogP contribution < -0.4 is 14.8 Å². The van der Waals surface area contributed by atoms with E-state index in [2.05, 4.69) is 27.5 Å². The van der Waals surface area contributed by atoms with E-state index >= 15 is 0 Å². The summed E-state index contributed by atoms with van der Waals surface area (Å²) in [4.78, 5) is 17.8. The van der Waals surface area contributed by atoms with Crippen molar-refractivity contribution in [3.63, 3.8) is 0 Å². The van der Waals surface area contributed by atoms with Crippen LogP contribution in [0.5, 0.6) is 11.5 Å². The molecule has 0 amide bonds. The van der Waals surface area contributed by atoms with Gasteiger partial charge in [-0.2, -0.15) is 10.1 Å². The first-order chi connectivity index (χ1) is 15.2. The summed E-state index contributed by atoms with van der Waals surface area (Å²) in [5, 5.41) is 7.78. The zero-order chi connectivity index (χ0) is 21.4. The van der Waals surface area contributed by atoms with Gasteiger partial charge >= 0.3 is 0 Å². The van der Waals surface area contributed by atoms with Crippen molar-refractivity contribution in [2.24, 2.45) is 0 Å². The summed E-state index contributed by atoms with van der Waals surface area (Å²) in [7, 11) is 1.62. The number of rotatable bonds is 5. The van der Waals surface area contributed by atoms with Crippen molar-refractivity contribution >= 4 is 11.7 Å². The lowest BCUT2D eigenvalue weighted by atomic mass is 9.78. The molecule has 7 heteroatoms. The van der Waals surface area contributed by atoms with Crippen molar-refractivity contribution in [1.82, 2.24) is 14.8 Å². The minimum Gasteiger partial charge on any atom is -0.493 e. The lowest BCUT2D eigenvalue weighted by molar-refractivity contribution is -0.116. The normalized spacial score (nSPS) is 20.0. The lowest BCUT2D eigenvalue weighted by Crippen LogP contribution is -2.33. The van der Waals surface area contributed by atoms with Crippen LogP contribution in [0.4, 0.5) is 5.95 Å². The first-order valence-electron chi connectivity index (χ1n) is 10.5. The largest absolute Gasteiger partial charge is 0.493 e. The van der Waals surface area contributed by atoms with Crippen LogP contribution in [0.1, 0.15) is 42.9 Å². The number of Topliss-reactive ketones (excluding diaryl/α,β-unsaturated/α-hetero) is 1. The summed E-state index contributed by atoms with van der Waals surface area (Å²) in [6, 6.07) is 15.6. The molecule has 2 atom stereocenters. The van der Waals surface area contributed by atoms with Gasteiger partial charge < -0.3 is 14.8 Å². The molecule has 0 radical (unpaired) electrons. The molecular formula is C24H24N4O3. The van der Waals surface area contributed by atoms with Crippen LogP contribution in [0.3, 0.4) is 0 Å². The van der Waals surface area contributed by atoms with Crippen LogP contribution in [-0.2, 0) is 4.79 Å². The van der Waals surface area contributed by atoms with E-state index in [9.17, 15) is 4.79 Å². The molecule has 1 aliphatic heterocycles. The number of methoxy groups -OCH3 is 1. The molecule has 7 nitrogen and oxygen atoms in total. The van der Waals surface area contributed by atoms with Gasteiger partial charge in [-0.3, -0.25) is 4.79 Å². The highest BCUT2D eigenvalue weighted by atomic mass is 16.5. The number of nitrogens with zero attached hydrogens (tertiary/aromatic N) is 3. The second-order valence-corrected chi connectivity index (χ2v) is 7.73. The molecule has 1 aliphatic carbocycles. The van der Waals surface area contributed by atoms with Gasteiger partial charge in [0.05, 0.1) is 13.7 Å².